The zero-order valence-electron chi connectivity index (χ0n) is 17.9. The van der Waals surface area contributed by atoms with E-state index in [9.17, 15) is 13.2 Å². The zero-order valence-corrected chi connectivity index (χ0v) is 19.5. The van der Waals surface area contributed by atoms with Crippen LogP contribution in [-0.4, -0.2) is 20.9 Å². The first-order valence-corrected chi connectivity index (χ1v) is 11.6. The molecule has 7 heteroatoms. The van der Waals surface area contributed by atoms with Crippen LogP contribution in [0.2, 0.25) is 5.02 Å². The molecule has 3 rings (SSSR count). The molecule has 0 aromatic heterocycles. The van der Waals surface area contributed by atoms with Crippen molar-refractivity contribution in [1.29, 1.82) is 0 Å². The summed E-state index contributed by atoms with van der Waals surface area (Å²) in [5.41, 5.74) is 4.63. The van der Waals surface area contributed by atoms with Gasteiger partial charge in [0.25, 0.3) is 10.0 Å². The average Bonchev–Trinajstić information content (AvgIpc) is 2.71. The van der Waals surface area contributed by atoms with Crippen LogP contribution >= 0.6 is 11.6 Å². The van der Waals surface area contributed by atoms with Gasteiger partial charge in [0.15, 0.2) is 0 Å². The first-order valence-electron chi connectivity index (χ1n) is 9.80. The summed E-state index contributed by atoms with van der Waals surface area (Å²) in [5, 5.41) is 3.26. The number of halogens is 1. The summed E-state index contributed by atoms with van der Waals surface area (Å²) >= 11 is 6.26. The Labute approximate surface area is 188 Å². The normalized spacial score (nSPS) is 11.3. The molecule has 3 aromatic carbocycles. The minimum absolute atomic E-state index is 0.106. The van der Waals surface area contributed by atoms with Gasteiger partial charge in [0.1, 0.15) is 6.54 Å². The molecule has 0 saturated carbocycles. The van der Waals surface area contributed by atoms with Crippen molar-refractivity contribution in [1.82, 2.24) is 0 Å². The Morgan fingerprint density at radius 1 is 0.871 bits per heavy atom. The molecule has 0 aliphatic carbocycles. The van der Waals surface area contributed by atoms with Crippen molar-refractivity contribution < 1.29 is 13.2 Å². The van der Waals surface area contributed by atoms with Gasteiger partial charge in [-0.1, -0.05) is 47.5 Å². The fourth-order valence-corrected chi connectivity index (χ4v) is 4.67. The standard InChI is InChI=1S/C24H25ClN2O3S/c1-16-6-11-21(12-7-16)31(29,30)27(20-10-9-18(3)22(25)14-20)15-24(28)26-23-13-17(2)5-8-19(23)4/h5-14H,15H2,1-4H3,(H,26,28). The number of nitrogens with one attached hydrogen (secondary N) is 1. The molecule has 0 bridgehead atoms. The van der Waals surface area contributed by atoms with Crippen LogP contribution in [0.5, 0.6) is 0 Å². The van der Waals surface area contributed by atoms with Crippen molar-refractivity contribution in [3.8, 4) is 0 Å². The SMILES string of the molecule is Cc1ccc(S(=O)(=O)N(CC(=O)Nc2cc(C)ccc2C)c2ccc(C)c(Cl)c2)cc1. The molecule has 31 heavy (non-hydrogen) atoms. The topological polar surface area (TPSA) is 66.5 Å². The fraction of sp³-hybridized carbons (Fsp3) is 0.208. The smallest absolute Gasteiger partial charge is 0.264 e. The largest absolute Gasteiger partial charge is 0.324 e. The molecule has 1 amide bonds. The lowest BCUT2D eigenvalue weighted by Crippen LogP contribution is -2.38. The molecule has 3 aromatic rings. The lowest BCUT2D eigenvalue weighted by atomic mass is 10.1. The molecule has 0 radical (unpaired) electrons. The van der Waals surface area contributed by atoms with E-state index in [1.807, 2.05) is 45.9 Å². The maximum absolute atomic E-state index is 13.5. The summed E-state index contributed by atoms with van der Waals surface area (Å²) in [4.78, 5) is 13.0. The molecular formula is C24H25ClN2O3S. The van der Waals surface area contributed by atoms with Crippen molar-refractivity contribution in [3.05, 3.63) is 87.9 Å². The van der Waals surface area contributed by atoms with E-state index in [0.29, 0.717) is 16.4 Å². The maximum Gasteiger partial charge on any atom is 0.264 e. The second kappa shape index (κ2) is 9.12. The van der Waals surface area contributed by atoms with Crippen LogP contribution in [0.1, 0.15) is 22.3 Å². The first kappa shape index (κ1) is 22.8. The van der Waals surface area contributed by atoms with E-state index >= 15 is 0 Å². The highest BCUT2D eigenvalue weighted by Gasteiger charge is 2.27. The summed E-state index contributed by atoms with van der Waals surface area (Å²) in [6, 6.07) is 17.2. The van der Waals surface area contributed by atoms with Crippen molar-refractivity contribution >= 4 is 38.9 Å². The van der Waals surface area contributed by atoms with E-state index in [4.69, 9.17) is 11.6 Å². The molecule has 0 fully saturated rings. The Balaban J connectivity index is 1.99. The van der Waals surface area contributed by atoms with E-state index in [-0.39, 0.29) is 11.4 Å². The lowest BCUT2D eigenvalue weighted by Gasteiger charge is -2.25. The predicted molar refractivity (Wildman–Crippen MR) is 126 cm³/mol. The average molecular weight is 457 g/mol. The lowest BCUT2D eigenvalue weighted by molar-refractivity contribution is -0.114. The van der Waals surface area contributed by atoms with Crippen LogP contribution < -0.4 is 9.62 Å². The molecule has 0 atom stereocenters. The van der Waals surface area contributed by atoms with Crippen molar-refractivity contribution in [2.24, 2.45) is 0 Å². The maximum atomic E-state index is 13.5. The van der Waals surface area contributed by atoms with Gasteiger partial charge in [0, 0.05) is 10.7 Å². The number of carbonyl (C=O) groups is 1. The predicted octanol–water partition coefficient (Wildman–Crippen LogP) is 5.41. The zero-order chi connectivity index (χ0) is 22.8. The molecule has 0 saturated heterocycles. The Bertz CT molecular complexity index is 1220. The Morgan fingerprint density at radius 2 is 1.48 bits per heavy atom. The highest BCUT2D eigenvalue weighted by atomic mass is 35.5. The fourth-order valence-electron chi connectivity index (χ4n) is 3.08. The van der Waals surface area contributed by atoms with E-state index in [2.05, 4.69) is 5.32 Å². The number of nitrogens with zero attached hydrogens (tertiary/aromatic N) is 1. The van der Waals surface area contributed by atoms with Crippen molar-refractivity contribution in [2.45, 2.75) is 32.6 Å². The van der Waals surface area contributed by atoms with Crippen LogP contribution in [0, 0.1) is 27.7 Å². The van der Waals surface area contributed by atoms with E-state index in [0.717, 1.165) is 26.6 Å². The van der Waals surface area contributed by atoms with Crippen LogP contribution in [0.25, 0.3) is 0 Å². The number of hydrogen-bond donors (Lipinski definition) is 1. The van der Waals surface area contributed by atoms with Crippen molar-refractivity contribution in [3.63, 3.8) is 0 Å². The molecule has 5 nitrogen and oxygen atoms in total. The first-order chi connectivity index (χ1) is 14.6. The molecule has 0 heterocycles. The molecule has 0 aliphatic heterocycles. The van der Waals surface area contributed by atoms with Crippen LogP contribution in [0.3, 0.4) is 0 Å². The van der Waals surface area contributed by atoms with Gasteiger partial charge in [0.2, 0.25) is 5.91 Å². The summed E-state index contributed by atoms with van der Waals surface area (Å²) < 4.78 is 28.0. The summed E-state index contributed by atoms with van der Waals surface area (Å²) in [5.74, 6) is -0.443. The monoisotopic (exact) mass is 456 g/mol. The number of sulfonamides is 1. The Morgan fingerprint density at radius 3 is 2.13 bits per heavy atom. The Hall–Kier alpha value is -2.83. The third-order valence-electron chi connectivity index (χ3n) is 5.01. The van der Waals surface area contributed by atoms with Crippen LogP contribution in [0.15, 0.2) is 65.6 Å². The highest BCUT2D eigenvalue weighted by Crippen LogP contribution is 2.28. The minimum atomic E-state index is -3.99. The summed E-state index contributed by atoms with van der Waals surface area (Å²) in [6.07, 6.45) is 0. The third-order valence-corrected chi connectivity index (χ3v) is 7.20. The van der Waals surface area contributed by atoms with Gasteiger partial charge in [-0.05, 0) is 74.7 Å². The van der Waals surface area contributed by atoms with Gasteiger partial charge >= 0.3 is 0 Å². The van der Waals surface area contributed by atoms with Gasteiger partial charge < -0.3 is 5.32 Å². The van der Waals surface area contributed by atoms with E-state index in [1.165, 1.54) is 12.1 Å². The van der Waals surface area contributed by atoms with E-state index in [1.54, 1.807) is 30.3 Å². The van der Waals surface area contributed by atoms with Gasteiger partial charge in [-0.2, -0.15) is 0 Å². The van der Waals surface area contributed by atoms with Crippen LogP contribution in [-0.2, 0) is 14.8 Å². The molecule has 0 aliphatic rings. The molecule has 0 unspecified atom stereocenters. The second-order valence-electron chi connectivity index (χ2n) is 7.62. The third kappa shape index (κ3) is 5.27. The van der Waals surface area contributed by atoms with E-state index < -0.39 is 15.9 Å². The second-order valence-corrected chi connectivity index (χ2v) is 9.89. The number of aryl methyl sites for hydroxylation is 4. The summed E-state index contributed by atoms with van der Waals surface area (Å²) in [7, 11) is -3.99. The van der Waals surface area contributed by atoms with Gasteiger partial charge in [-0.15, -0.1) is 0 Å². The van der Waals surface area contributed by atoms with Gasteiger partial charge in [-0.25, -0.2) is 8.42 Å². The number of hydrogen-bond acceptors (Lipinski definition) is 3. The van der Waals surface area contributed by atoms with Crippen LogP contribution in [0.4, 0.5) is 11.4 Å². The van der Waals surface area contributed by atoms with Gasteiger partial charge in [-0.3, -0.25) is 9.10 Å². The molecule has 1 N–H and O–H groups in total. The number of carbonyl (C=O) groups excluding carboxylic acids is 1. The number of benzene rings is 3. The van der Waals surface area contributed by atoms with Crippen molar-refractivity contribution in [2.75, 3.05) is 16.2 Å². The molecule has 162 valence electrons. The highest BCUT2D eigenvalue weighted by molar-refractivity contribution is 7.92. The summed E-state index contributed by atoms with van der Waals surface area (Å²) in [6.45, 7) is 7.14. The quantitative estimate of drug-likeness (QED) is 0.539. The van der Waals surface area contributed by atoms with Gasteiger partial charge in [0.05, 0.1) is 10.6 Å². The molecular weight excluding hydrogens is 432 g/mol. The Kier molecular flexibility index (Phi) is 6.72. The molecule has 0 spiro atoms. The number of amides is 1. The minimum Gasteiger partial charge on any atom is -0.324 e. The number of rotatable bonds is 6. The number of anilines is 2.